The molecule has 2 amide bonds. The molecule has 0 saturated carbocycles. The Labute approximate surface area is 194 Å². The molecule has 2 aliphatic rings. The van der Waals surface area contributed by atoms with E-state index in [9.17, 15) is 23.1 Å². The predicted molar refractivity (Wildman–Crippen MR) is 124 cm³/mol. The molecule has 0 aliphatic carbocycles. The summed E-state index contributed by atoms with van der Waals surface area (Å²) in [6.45, 7) is 4.79. The van der Waals surface area contributed by atoms with Crippen molar-refractivity contribution in [1.82, 2.24) is 14.1 Å². The molecule has 0 bridgehead atoms. The van der Waals surface area contributed by atoms with Crippen molar-refractivity contribution in [3.63, 3.8) is 0 Å². The van der Waals surface area contributed by atoms with Crippen LogP contribution < -0.4 is 0 Å². The smallest absolute Gasteiger partial charge is 0.253 e. The van der Waals surface area contributed by atoms with E-state index < -0.39 is 10.0 Å². The van der Waals surface area contributed by atoms with Gasteiger partial charge in [-0.3, -0.25) is 9.59 Å². The number of nitrogens with zero attached hydrogens (tertiary/aromatic N) is 3. The van der Waals surface area contributed by atoms with Crippen molar-refractivity contribution in [2.24, 2.45) is 5.92 Å². The molecule has 2 heterocycles. The standard InChI is InChI=1S/C24H29N3O5S/c1-18-10-12-27(13-11-18)33(31,32)22-8-4-20(5-9-22)24(30)26-16-14-25(15-17-26)23(29)19-2-6-21(28)7-3-19/h2-9,18,28H,10-17H2,1H3. The predicted octanol–water partition coefficient (Wildman–Crippen LogP) is 2.41. The second-order valence-electron chi connectivity index (χ2n) is 8.74. The van der Waals surface area contributed by atoms with Crippen molar-refractivity contribution in [1.29, 1.82) is 0 Å². The molecule has 2 aliphatic heterocycles. The highest BCUT2D eigenvalue weighted by atomic mass is 32.2. The van der Waals surface area contributed by atoms with Crippen LogP contribution in [0.4, 0.5) is 0 Å². The lowest BCUT2D eigenvalue weighted by atomic mass is 10.0. The van der Waals surface area contributed by atoms with Crippen molar-refractivity contribution in [2.45, 2.75) is 24.7 Å². The average molecular weight is 472 g/mol. The van der Waals surface area contributed by atoms with E-state index in [1.54, 1.807) is 34.1 Å². The van der Waals surface area contributed by atoms with Crippen LogP contribution in [0.5, 0.6) is 5.75 Å². The molecular formula is C24H29N3O5S. The van der Waals surface area contributed by atoms with Gasteiger partial charge < -0.3 is 14.9 Å². The molecule has 9 heteroatoms. The van der Waals surface area contributed by atoms with Crippen LogP contribution in [0.15, 0.2) is 53.4 Å². The first-order valence-electron chi connectivity index (χ1n) is 11.2. The first-order valence-corrected chi connectivity index (χ1v) is 12.7. The zero-order chi connectivity index (χ0) is 23.6. The number of amides is 2. The summed E-state index contributed by atoms with van der Waals surface area (Å²) < 4.78 is 27.3. The van der Waals surface area contributed by atoms with Crippen LogP contribution >= 0.6 is 0 Å². The van der Waals surface area contributed by atoms with Crippen LogP contribution in [0, 0.1) is 5.92 Å². The first-order chi connectivity index (χ1) is 15.8. The molecule has 0 unspecified atom stereocenters. The van der Waals surface area contributed by atoms with E-state index in [0.717, 1.165) is 12.8 Å². The number of aromatic hydroxyl groups is 1. The van der Waals surface area contributed by atoms with Gasteiger partial charge in [0.05, 0.1) is 4.90 Å². The van der Waals surface area contributed by atoms with Crippen molar-refractivity contribution >= 4 is 21.8 Å². The van der Waals surface area contributed by atoms with Crippen molar-refractivity contribution in [2.75, 3.05) is 39.3 Å². The van der Waals surface area contributed by atoms with Crippen molar-refractivity contribution < 1.29 is 23.1 Å². The summed E-state index contributed by atoms with van der Waals surface area (Å²) in [7, 11) is -3.55. The Bertz CT molecular complexity index is 1100. The summed E-state index contributed by atoms with van der Waals surface area (Å²) >= 11 is 0. The highest BCUT2D eigenvalue weighted by molar-refractivity contribution is 7.89. The van der Waals surface area contributed by atoms with E-state index in [4.69, 9.17) is 0 Å². The van der Waals surface area contributed by atoms with Gasteiger partial charge in [-0.1, -0.05) is 6.92 Å². The summed E-state index contributed by atoms with van der Waals surface area (Å²) in [5, 5.41) is 9.39. The zero-order valence-electron chi connectivity index (χ0n) is 18.7. The maximum Gasteiger partial charge on any atom is 0.253 e. The highest BCUT2D eigenvalue weighted by Crippen LogP contribution is 2.24. The topological polar surface area (TPSA) is 98.2 Å². The number of benzene rings is 2. The number of hydrogen-bond acceptors (Lipinski definition) is 5. The molecule has 4 rings (SSSR count). The molecule has 2 fully saturated rings. The van der Waals surface area contributed by atoms with Gasteiger partial charge in [0.15, 0.2) is 0 Å². The molecule has 33 heavy (non-hydrogen) atoms. The lowest BCUT2D eigenvalue weighted by Crippen LogP contribution is -2.50. The SMILES string of the molecule is CC1CCN(S(=O)(=O)c2ccc(C(=O)N3CCN(C(=O)c4ccc(O)cc4)CC3)cc2)CC1. The second-order valence-corrected chi connectivity index (χ2v) is 10.7. The van der Waals surface area contributed by atoms with Crippen LogP contribution in [0.2, 0.25) is 0 Å². The fourth-order valence-electron chi connectivity index (χ4n) is 4.23. The molecule has 0 radical (unpaired) electrons. The van der Waals surface area contributed by atoms with Gasteiger partial charge in [-0.05, 0) is 67.3 Å². The third-order valence-electron chi connectivity index (χ3n) is 6.45. The lowest BCUT2D eigenvalue weighted by Gasteiger charge is -2.35. The van der Waals surface area contributed by atoms with Gasteiger partial charge >= 0.3 is 0 Å². The third kappa shape index (κ3) is 5.04. The fourth-order valence-corrected chi connectivity index (χ4v) is 5.70. The number of piperidine rings is 1. The number of carbonyl (C=O) groups is 2. The summed E-state index contributed by atoms with van der Waals surface area (Å²) in [5.74, 6) is 0.325. The number of piperazine rings is 1. The van der Waals surface area contributed by atoms with Gasteiger partial charge in [-0.25, -0.2) is 8.42 Å². The van der Waals surface area contributed by atoms with E-state index >= 15 is 0 Å². The van der Waals surface area contributed by atoms with Crippen LogP contribution in [-0.4, -0.2) is 78.7 Å². The van der Waals surface area contributed by atoms with Crippen LogP contribution in [-0.2, 0) is 10.0 Å². The Morgan fingerprint density at radius 1 is 0.758 bits per heavy atom. The summed E-state index contributed by atoms with van der Waals surface area (Å²) in [4.78, 5) is 29.1. The van der Waals surface area contributed by atoms with Crippen molar-refractivity contribution in [3.05, 3.63) is 59.7 Å². The highest BCUT2D eigenvalue weighted by Gasteiger charge is 2.29. The van der Waals surface area contributed by atoms with E-state index in [0.29, 0.717) is 56.3 Å². The minimum absolute atomic E-state index is 0.103. The van der Waals surface area contributed by atoms with E-state index in [-0.39, 0.29) is 22.5 Å². The second kappa shape index (κ2) is 9.52. The van der Waals surface area contributed by atoms with Crippen LogP contribution in [0.1, 0.15) is 40.5 Å². The Kier molecular flexibility index (Phi) is 6.71. The quantitative estimate of drug-likeness (QED) is 0.739. The summed E-state index contributed by atoms with van der Waals surface area (Å²) in [6.07, 6.45) is 1.72. The third-order valence-corrected chi connectivity index (χ3v) is 8.36. The van der Waals surface area contributed by atoms with Gasteiger partial charge in [-0.2, -0.15) is 4.31 Å². The molecule has 176 valence electrons. The minimum Gasteiger partial charge on any atom is -0.508 e. The number of phenolic OH excluding ortho intramolecular Hbond substituents is 1. The zero-order valence-corrected chi connectivity index (χ0v) is 19.5. The maximum absolute atomic E-state index is 12.9. The lowest BCUT2D eigenvalue weighted by molar-refractivity contribution is 0.0535. The molecule has 2 saturated heterocycles. The normalized spacial score (nSPS) is 18.3. The van der Waals surface area contributed by atoms with Crippen LogP contribution in [0.3, 0.4) is 0 Å². The number of carbonyl (C=O) groups excluding carboxylic acids is 2. The minimum atomic E-state index is -3.55. The molecule has 0 atom stereocenters. The van der Waals surface area contributed by atoms with Gasteiger partial charge in [0, 0.05) is 50.4 Å². The first kappa shape index (κ1) is 23.3. The Hall–Kier alpha value is -2.91. The molecule has 1 N–H and O–H groups in total. The molecule has 2 aromatic rings. The molecular weight excluding hydrogens is 442 g/mol. The molecule has 8 nitrogen and oxygen atoms in total. The molecule has 0 spiro atoms. The van der Waals surface area contributed by atoms with E-state index in [1.807, 2.05) is 0 Å². The Morgan fingerprint density at radius 2 is 1.18 bits per heavy atom. The van der Waals surface area contributed by atoms with Crippen molar-refractivity contribution in [3.8, 4) is 5.75 Å². The molecule has 0 aromatic heterocycles. The van der Waals surface area contributed by atoms with E-state index in [1.165, 1.54) is 28.6 Å². The summed E-state index contributed by atoms with van der Waals surface area (Å²) in [6, 6.07) is 12.2. The van der Waals surface area contributed by atoms with Gasteiger partial charge in [0.25, 0.3) is 11.8 Å². The fraction of sp³-hybridized carbons (Fsp3) is 0.417. The van der Waals surface area contributed by atoms with Gasteiger partial charge in [0.1, 0.15) is 5.75 Å². The monoisotopic (exact) mass is 471 g/mol. The number of sulfonamides is 1. The average Bonchev–Trinajstić information content (AvgIpc) is 2.84. The van der Waals surface area contributed by atoms with Crippen LogP contribution in [0.25, 0.3) is 0 Å². The van der Waals surface area contributed by atoms with E-state index in [2.05, 4.69) is 6.92 Å². The number of hydrogen-bond donors (Lipinski definition) is 1. The summed E-state index contributed by atoms with van der Waals surface area (Å²) in [5.41, 5.74) is 0.923. The number of phenols is 1. The van der Waals surface area contributed by atoms with Gasteiger partial charge in [-0.15, -0.1) is 0 Å². The largest absolute Gasteiger partial charge is 0.508 e. The Morgan fingerprint density at radius 3 is 1.64 bits per heavy atom. The molecule has 2 aromatic carbocycles. The maximum atomic E-state index is 12.9. The Balaban J connectivity index is 1.36. The van der Waals surface area contributed by atoms with Gasteiger partial charge in [0.2, 0.25) is 10.0 Å². The number of rotatable bonds is 4.